The smallest absolute Gasteiger partial charge is 0.223 e. The van der Waals surface area contributed by atoms with Crippen LogP contribution in [-0.2, 0) is 11.2 Å². The fourth-order valence-corrected chi connectivity index (χ4v) is 3.05. The predicted molar refractivity (Wildman–Crippen MR) is 91.5 cm³/mol. The number of aryl methyl sites for hydroxylation is 1. The first kappa shape index (κ1) is 18.8. The summed E-state index contributed by atoms with van der Waals surface area (Å²) in [6.07, 6.45) is 2.29. The topological polar surface area (TPSA) is 55.6 Å². The number of ether oxygens (including phenoxy) is 1. The van der Waals surface area contributed by atoms with Crippen LogP contribution >= 0.6 is 12.4 Å². The van der Waals surface area contributed by atoms with E-state index in [1.165, 1.54) is 0 Å². The summed E-state index contributed by atoms with van der Waals surface area (Å²) in [5.41, 5.74) is 6.83. The first-order chi connectivity index (χ1) is 10.2. The summed E-state index contributed by atoms with van der Waals surface area (Å²) in [6, 6.07) is 8.27. The number of para-hydroxylation sites is 1. The third-order valence-electron chi connectivity index (χ3n) is 4.20. The monoisotopic (exact) mass is 326 g/mol. The second-order valence-corrected chi connectivity index (χ2v) is 5.77. The highest BCUT2D eigenvalue weighted by Gasteiger charge is 2.31. The number of rotatable bonds is 6. The molecule has 0 aromatic heterocycles. The number of hydrogen-bond donors (Lipinski definition) is 1. The average Bonchev–Trinajstić information content (AvgIpc) is 2.87. The number of nitrogens with two attached hydrogens (primary N) is 1. The molecule has 2 atom stereocenters. The maximum Gasteiger partial charge on any atom is 0.223 e. The molecule has 1 aromatic carbocycles. The second kappa shape index (κ2) is 9.01. The maximum absolute atomic E-state index is 12.4. The van der Waals surface area contributed by atoms with Gasteiger partial charge in [0.05, 0.1) is 6.61 Å². The minimum Gasteiger partial charge on any atom is -0.494 e. The van der Waals surface area contributed by atoms with Crippen molar-refractivity contribution in [2.45, 2.75) is 39.2 Å². The van der Waals surface area contributed by atoms with E-state index in [4.69, 9.17) is 10.5 Å². The first-order valence-corrected chi connectivity index (χ1v) is 7.86. The van der Waals surface area contributed by atoms with E-state index in [2.05, 4.69) is 6.92 Å². The highest BCUT2D eigenvalue weighted by molar-refractivity contribution is 5.85. The van der Waals surface area contributed by atoms with Gasteiger partial charge in [-0.05, 0) is 50.8 Å². The average molecular weight is 327 g/mol. The summed E-state index contributed by atoms with van der Waals surface area (Å²) in [4.78, 5) is 14.4. The summed E-state index contributed by atoms with van der Waals surface area (Å²) < 4.78 is 5.61. The van der Waals surface area contributed by atoms with Crippen molar-refractivity contribution in [2.24, 2.45) is 11.7 Å². The van der Waals surface area contributed by atoms with E-state index < -0.39 is 0 Å². The van der Waals surface area contributed by atoms with E-state index in [1.54, 1.807) is 0 Å². The lowest BCUT2D eigenvalue weighted by molar-refractivity contribution is -0.131. The lowest BCUT2D eigenvalue weighted by atomic mass is 10.1. The Morgan fingerprint density at radius 1 is 1.41 bits per heavy atom. The summed E-state index contributed by atoms with van der Waals surface area (Å²) in [6.45, 7) is 6.21. The molecule has 5 heteroatoms. The van der Waals surface area contributed by atoms with Gasteiger partial charge < -0.3 is 15.4 Å². The Balaban J connectivity index is 0.00000242. The van der Waals surface area contributed by atoms with Crippen LogP contribution in [0.4, 0.5) is 0 Å². The highest BCUT2D eigenvalue weighted by atomic mass is 35.5. The predicted octanol–water partition coefficient (Wildman–Crippen LogP) is 2.64. The SMILES string of the molecule is CCOc1ccccc1CCC(=O)N1CC(CN)CC1C.Cl. The molecule has 0 spiro atoms. The minimum absolute atomic E-state index is 0. The second-order valence-electron chi connectivity index (χ2n) is 5.77. The zero-order chi connectivity index (χ0) is 15.2. The van der Waals surface area contributed by atoms with Crippen LogP contribution in [0, 0.1) is 5.92 Å². The third kappa shape index (κ3) is 4.62. The van der Waals surface area contributed by atoms with Crippen molar-refractivity contribution in [3.63, 3.8) is 0 Å². The molecule has 1 aromatic rings. The van der Waals surface area contributed by atoms with Crippen LogP contribution in [-0.4, -0.2) is 36.5 Å². The number of amides is 1. The molecule has 0 saturated carbocycles. The van der Waals surface area contributed by atoms with E-state index >= 15 is 0 Å². The van der Waals surface area contributed by atoms with Crippen LogP contribution < -0.4 is 10.5 Å². The largest absolute Gasteiger partial charge is 0.494 e. The molecular formula is C17H27ClN2O2. The molecule has 124 valence electrons. The Labute approximate surface area is 139 Å². The van der Waals surface area contributed by atoms with Gasteiger partial charge in [-0.25, -0.2) is 0 Å². The molecule has 1 aliphatic rings. The maximum atomic E-state index is 12.4. The quantitative estimate of drug-likeness (QED) is 0.874. The lowest BCUT2D eigenvalue weighted by Crippen LogP contribution is -2.34. The zero-order valence-electron chi connectivity index (χ0n) is 13.5. The number of nitrogens with zero attached hydrogens (tertiary/aromatic N) is 1. The molecule has 1 fully saturated rings. The molecule has 1 saturated heterocycles. The number of carbonyl (C=O) groups is 1. The van der Waals surface area contributed by atoms with Gasteiger partial charge in [-0.2, -0.15) is 0 Å². The van der Waals surface area contributed by atoms with Crippen molar-refractivity contribution in [2.75, 3.05) is 19.7 Å². The molecule has 0 aliphatic carbocycles. The van der Waals surface area contributed by atoms with Crippen LogP contribution in [0.15, 0.2) is 24.3 Å². The van der Waals surface area contributed by atoms with Crippen LogP contribution in [0.1, 0.15) is 32.3 Å². The summed E-state index contributed by atoms with van der Waals surface area (Å²) >= 11 is 0. The summed E-state index contributed by atoms with van der Waals surface area (Å²) in [5.74, 6) is 1.58. The molecule has 22 heavy (non-hydrogen) atoms. The summed E-state index contributed by atoms with van der Waals surface area (Å²) in [7, 11) is 0. The number of carbonyl (C=O) groups excluding carboxylic acids is 1. The molecule has 1 aliphatic heterocycles. The molecule has 1 amide bonds. The fraction of sp³-hybridized carbons (Fsp3) is 0.588. The number of halogens is 1. The van der Waals surface area contributed by atoms with Crippen LogP contribution in [0.5, 0.6) is 5.75 Å². The molecule has 0 radical (unpaired) electrons. The fourth-order valence-electron chi connectivity index (χ4n) is 3.05. The van der Waals surface area contributed by atoms with Gasteiger partial charge in [-0.15, -0.1) is 12.4 Å². The van der Waals surface area contributed by atoms with Crippen LogP contribution in [0.3, 0.4) is 0 Å². The minimum atomic E-state index is 0. The third-order valence-corrected chi connectivity index (χ3v) is 4.20. The Morgan fingerprint density at radius 3 is 2.77 bits per heavy atom. The highest BCUT2D eigenvalue weighted by Crippen LogP contribution is 2.24. The van der Waals surface area contributed by atoms with Gasteiger partial charge in [0.2, 0.25) is 5.91 Å². The number of likely N-dealkylation sites (tertiary alicyclic amines) is 1. The Bertz CT molecular complexity index is 481. The van der Waals surface area contributed by atoms with Crippen molar-refractivity contribution in [3.8, 4) is 5.75 Å². The number of benzene rings is 1. The van der Waals surface area contributed by atoms with E-state index in [-0.39, 0.29) is 18.3 Å². The zero-order valence-corrected chi connectivity index (χ0v) is 14.3. The van der Waals surface area contributed by atoms with Crippen LogP contribution in [0.2, 0.25) is 0 Å². The molecule has 2 unspecified atom stereocenters. The van der Waals surface area contributed by atoms with Gasteiger partial charge in [0.15, 0.2) is 0 Å². The van der Waals surface area contributed by atoms with E-state index in [9.17, 15) is 4.79 Å². The molecule has 4 nitrogen and oxygen atoms in total. The Kier molecular flexibility index (Phi) is 7.69. The Morgan fingerprint density at radius 2 is 2.14 bits per heavy atom. The molecule has 2 N–H and O–H groups in total. The molecule has 1 heterocycles. The van der Waals surface area contributed by atoms with Crippen molar-refractivity contribution >= 4 is 18.3 Å². The van der Waals surface area contributed by atoms with Crippen LogP contribution in [0.25, 0.3) is 0 Å². The summed E-state index contributed by atoms with van der Waals surface area (Å²) in [5, 5.41) is 0. The van der Waals surface area contributed by atoms with Crippen molar-refractivity contribution in [1.82, 2.24) is 4.90 Å². The standard InChI is InChI=1S/C17H26N2O2.ClH/c1-3-21-16-7-5-4-6-15(16)8-9-17(20)19-12-14(11-18)10-13(19)2;/h4-7,13-14H,3,8-12,18H2,1-2H3;1H. The molecule has 0 bridgehead atoms. The van der Waals surface area contributed by atoms with E-state index in [1.807, 2.05) is 36.1 Å². The van der Waals surface area contributed by atoms with E-state index in [0.29, 0.717) is 31.5 Å². The lowest BCUT2D eigenvalue weighted by Gasteiger charge is -2.21. The van der Waals surface area contributed by atoms with Crippen molar-refractivity contribution in [1.29, 1.82) is 0 Å². The first-order valence-electron chi connectivity index (χ1n) is 7.86. The van der Waals surface area contributed by atoms with Gasteiger partial charge in [0.25, 0.3) is 0 Å². The Hall–Kier alpha value is -1.26. The normalized spacial score (nSPS) is 20.6. The molecular weight excluding hydrogens is 300 g/mol. The van der Waals surface area contributed by atoms with Gasteiger partial charge in [-0.3, -0.25) is 4.79 Å². The van der Waals surface area contributed by atoms with Gasteiger partial charge in [0.1, 0.15) is 5.75 Å². The van der Waals surface area contributed by atoms with Gasteiger partial charge >= 0.3 is 0 Å². The van der Waals surface area contributed by atoms with Crippen molar-refractivity contribution < 1.29 is 9.53 Å². The van der Waals surface area contributed by atoms with Gasteiger partial charge in [-0.1, -0.05) is 18.2 Å². The van der Waals surface area contributed by atoms with Crippen molar-refractivity contribution in [3.05, 3.63) is 29.8 Å². The number of hydrogen-bond acceptors (Lipinski definition) is 3. The molecule has 2 rings (SSSR count). The van der Waals surface area contributed by atoms with Gasteiger partial charge in [0, 0.05) is 19.0 Å². The van der Waals surface area contributed by atoms with E-state index in [0.717, 1.165) is 30.7 Å².